The Morgan fingerprint density at radius 2 is 2.24 bits per heavy atom. The van der Waals surface area contributed by atoms with E-state index in [1.165, 1.54) is 0 Å². The van der Waals surface area contributed by atoms with E-state index in [4.69, 9.17) is 4.74 Å². The van der Waals surface area contributed by atoms with Gasteiger partial charge >= 0.3 is 6.01 Å². The molecule has 3 aromatic rings. The summed E-state index contributed by atoms with van der Waals surface area (Å²) in [6.45, 7) is 4.11. The van der Waals surface area contributed by atoms with Gasteiger partial charge in [0.15, 0.2) is 0 Å². The Bertz CT molecular complexity index is 866. The number of nitrogens with zero attached hydrogens (tertiary/aromatic N) is 3. The molecule has 0 saturated heterocycles. The fourth-order valence-corrected chi connectivity index (χ4v) is 2.14. The summed E-state index contributed by atoms with van der Waals surface area (Å²) < 4.78 is 6.33. The maximum absolute atomic E-state index is 12.2. The van der Waals surface area contributed by atoms with Gasteiger partial charge in [-0.05, 0) is 19.4 Å². The summed E-state index contributed by atoms with van der Waals surface area (Å²) in [5, 5.41) is 14.4. The first-order valence-electron chi connectivity index (χ1n) is 6.52. The molecule has 0 bridgehead atoms. The van der Waals surface area contributed by atoms with E-state index in [2.05, 4.69) is 15.1 Å². The Hall–Kier alpha value is -2.83. The zero-order valence-electron chi connectivity index (χ0n) is 11.6. The van der Waals surface area contributed by atoms with E-state index in [-0.39, 0.29) is 23.2 Å². The van der Waals surface area contributed by atoms with Crippen molar-refractivity contribution in [1.82, 2.24) is 19.6 Å². The second-order valence-electron chi connectivity index (χ2n) is 4.59. The number of benzene rings is 1. The molecule has 0 atom stereocenters. The van der Waals surface area contributed by atoms with E-state index in [1.54, 1.807) is 13.0 Å². The van der Waals surface area contributed by atoms with Crippen molar-refractivity contribution in [2.45, 2.75) is 13.8 Å². The summed E-state index contributed by atoms with van der Waals surface area (Å²) in [4.78, 5) is 18.8. The molecule has 0 aliphatic rings. The van der Waals surface area contributed by atoms with E-state index in [9.17, 15) is 9.90 Å². The standard InChI is InChI=1S/C14H14N4O3/c1-3-21-14-16-13-15-11(19)10(12(20)18(13)17-14)9-6-4-5-8(2)7-9/h4-7,20H,3H2,1-2H3,(H,15,16,17,19). The normalized spacial score (nSPS) is 11.0. The molecule has 108 valence electrons. The molecule has 0 aliphatic carbocycles. The number of aryl methyl sites for hydroxylation is 1. The first-order chi connectivity index (χ1) is 10.1. The van der Waals surface area contributed by atoms with Crippen molar-refractivity contribution in [3.8, 4) is 23.0 Å². The summed E-state index contributed by atoms with van der Waals surface area (Å²) in [6, 6.07) is 7.40. The van der Waals surface area contributed by atoms with Crippen LogP contribution in [0.1, 0.15) is 12.5 Å². The number of aromatic hydroxyl groups is 1. The van der Waals surface area contributed by atoms with Gasteiger partial charge in [0, 0.05) is 0 Å². The Labute approximate surface area is 119 Å². The lowest BCUT2D eigenvalue weighted by Gasteiger charge is -2.05. The molecule has 0 spiro atoms. The Kier molecular flexibility index (Phi) is 3.09. The van der Waals surface area contributed by atoms with Crippen molar-refractivity contribution < 1.29 is 9.84 Å². The lowest BCUT2D eigenvalue weighted by atomic mass is 10.1. The second-order valence-corrected chi connectivity index (χ2v) is 4.59. The maximum atomic E-state index is 12.2. The predicted molar refractivity (Wildman–Crippen MR) is 76.6 cm³/mol. The highest BCUT2D eigenvalue weighted by atomic mass is 16.5. The van der Waals surface area contributed by atoms with Gasteiger partial charge in [0.1, 0.15) is 5.56 Å². The van der Waals surface area contributed by atoms with Gasteiger partial charge in [-0.25, -0.2) is 0 Å². The minimum absolute atomic E-state index is 0.102. The van der Waals surface area contributed by atoms with Crippen molar-refractivity contribution in [2.24, 2.45) is 0 Å². The SMILES string of the molecule is CCOc1nc2[nH]c(=O)c(-c3cccc(C)c3)c(O)n2n1. The number of H-pyrrole nitrogens is 1. The molecule has 0 unspecified atom stereocenters. The molecule has 21 heavy (non-hydrogen) atoms. The fourth-order valence-electron chi connectivity index (χ4n) is 2.14. The molecule has 1 aromatic carbocycles. The van der Waals surface area contributed by atoms with Crippen LogP contribution in [0.2, 0.25) is 0 Å². The van der Waals surface area contributed by atoms with Crippen LogP contribution in [0, 0.1) is 6.92 Å². The molecule has 7 heteroatoms. The molecule has 2 heterocycles. The van der Waals surface area contributed by atoms with Crippen LogP contribution < -0.4 is 10.3 Å². The van der Waals surface area contributed by atoms with Gasteiger partial charge < -0.3 is 9.84 Å². The van der Waals surface area contributed by atoms with E-state index >= 15 is 0 Å². The molecule has 0 radical (unpaired) electrons. The Morgan fingerprint density at radius 1 is 1.43 bits per heavy atom. The number of fused-ring (bicyclic) bond motifs is 1. The molecular weight excluding hydrogens is 272 g/mol. The third-order valence-electron chi connectivity index (χ3n) is 3.04. The first-order valence-corrected chi connectivity index (χ1v) is 6.52. The van der Waals surface area contributed by atoms with Gasteiger partial charge in [0.25, 0.3) is 5.56 Å². The van der Waals surface area contributed by atoms with Gasteiger partial charge in [-0.3, -0.25) is 9.78 Å². The topological polar surface area (TPSA) is 92.5 Å². The van der Waals surface area contributed by atoms with E-state index in [0.29, 0.717) is 12.2 Å². The van der Waals surface area contributed by atoms with E-state index in [0.717, 1.165) is 10.1 Å². The third kappa shape index (κ3) is 2.22. The summed E-state index contributed by atoms with van der Waals surface area (Å²) in [5.74, 6) is -0.129. The average Bonchev–Trinajstić information content (AvgIpc) is 2.82. The highest BCUT2D eigenvalue weighted by Gasteiger charge is 2.17. The predicted octanol–water partition coefficient (Wildman–Crippen LogP) is 1.50. The summed E-state index contributed by atoms with van der Waals surface area (Å²) in [5.41, 5.74) is 1.32. The lowest BCUT2D eigenvalue weighted by molar-refractivity contribution is 0.311. The number of hydrogen-bond acceptors (Lipinski definition) is 5. The van der Waals surface area contributed by atoms with Crippen molar-refractivity contribution in [1.29, 1.82) is 0 Å². The van der Waals surface area contributed by atoms with Crippen LogP contribution in [0.4, 0.5) is 0 Å². The molecule has 0 amide bonds. The molecule has 2 aromatic heterocycles. The fraction of sp³-hybridized carbons (Fsp3) is 0.214. The number of aromatic nitrogens is 4. The van der Waals surface area contributed by atoms with Gasteiger partial charge in [-0.1, -0.05) is 29.8 Å². The summed E-state index contributed by atoms with van der Waals surface area (Å²) in [7, 11) is 0. The van der Waals surface area contributed by atoms with Crippen LogP contribution in [-0.2, 0) is 0 Å². The third-order valence-corrected chi connectivity index (χ3v) is 3.04. The number of hydrogen-bond donors (Lipinski definition) is 2. The van der Waals surface area contributed by atoms with Crippen LogP contribution in [-0.4, -0.2) is 31.3 Å². The maximum Gasteiger partial charge on any atom is 0.337 e. The smallest absolute Gasteiger partial charge is 0.337 e. The lowest BCUT2D eigenvalue weighted by Crippen LogP contribution is -2.12. The minimum atomic E-state index is -0.430. The van der Waals surface area contributed by atoms with Crippen molar-refractivity contribution in [3.05, 3.63) is 40.2 Å². The molecule has 3 rings (SSSR count). The van der Waals surface area contributed by atoms with Crippen LogP contribution in [0.15, 0.2) is 29.1 Å². The molecular formula is C14H14N4O3. The first kappa shape index (κ1) is 13.2. The monoisotopic (exact) mass is 286 g/mol. The quantitative estimate of drug-likeness (QED) is 0.761. The Balaban J connectivity index is 2.26. The van der Waals surface area contributed by atoms with Crippen molar-refractivity contribution in [2.75, 3.05) is 6.61 Å². The summed E-state index contributed by atoms with van der Waals surface area (Å²) in [6.07, 6.45) is 0. The van der Waals surface area contributed by atoms with E-state index < -0.39 is 5.56 Å². The van der Waals surface area contributed by atoms with Gasteiger partial charge in [0.05, 0.1) is 6.61 Å². The van der Waals surface area contributed by atoms with Gasteiger partial charge in [-0.15, -0.1) is 5.10 Å². The summed E-state index contributed by atoms with van der Waals surface area (Å²) >= 11 is 0. The van der Waals surface area contributed by atoms with Crippen LogP contribution in [0.25, 0.3) is 16.9 Å². The van der Waals surface area contributed by atoms with Crippen molar-refractivity contribution in [3.63, 3.8) is 0 Å². The molecule has 0 saturated carbocycles. The second kappa shape index (κ2) is 4.93. The zero-order valence-corrected chi connectivity index (χ0v) is 11.6. The Morgan fingerprint density at radius 3 is 2.95 bits per heavy atom. The molecule has 7 nitrogen and oxygen atoms in total. The zero-order chi connectivity index (χ0) is 15.0. The number of aromatic amines is 1. The van der Waals surface area contributed by atoms with Gasteiger partial charge in [-0.2, -0.15) is 9.50 Å². The van der Waals surface area contributed by atoms with Crippen molar-refractivity contribution >= 4 is 5.78 Å². The van der Waals surface area contributed by atoms with E-state index in [1.807, 2.05) is 25.1 Å². The average molecular weight is 286 g/mol. The number of ether oxygens (including phenoxy) is 1. The number of nitrogens with one attached hydrogen (secondary N) is 1. The molecule has 2 N–H and O–H groups in total. The number of rotatable bonds is 3. The van der Waals surface area contributed by atoms with Crippen LogP contribution >= 0.6 is 0 Å². The molecule has 0 aliphatic heterocycles. The molecule has 0 fully saturated rings. The highest BCUT2D eigenvalue weighted by molar-refractivity contribution is 5.69. The highest BCUT2D eigenvalue weighted by Crippen LogP contribution is 2.26. The van der Waals surface area contributed by atoms with Crippen LogP contribution in [0.3, 0.4) is 0 Å². The van der Waals surface area contributed by atoms with Gasteiger partial charge in [0.2, 0.25) is 11.7 Å². The largest absolute Gasteiger partial charge is 0.493 e. The minimum Gasteiger partial charge on any atom is -0.493 e. The van der Waals surface area contributed by atoms with Crippen LogP contribution in [0.5, 0.6) is 11.9 Å².